The first-order chi connectivity index (χ1) is 9.77. The van der Waals surface area contributed by atoms with Gasteiger partial charge in [-0.3, -0.25) is 0 Å². The van der Waals surface area contributed by atoms with Gasteiger partial charge in [-0.05, 0) is 33.6 Å². The molecule has 0 N–H and O–H groups in total. The Labute approximate surface area is 120 Å². The second kappa shape index (κ2) is 4.61. The summed E-state index contributed by atoms with van der Waals surface area (Å²) in [6.07, 6.45) is 4.04. The van der Waals surface area contributed by atoms with Gasteiger partial charge in [0.25, 0.3) is 5.89 Å². The van der Waals surface area contributed by atoms with Gasteiger partial charge >= 0.3 is 0 Å². The Kier molecular flexibility index (Phi) is 3.11. The van der Waals surface area contributed by atoms with Gasteiger partial charge in [-0.15, -0.1) is 0 Å². The van der Waals surface area contributed by atoms with Gasteiger partial charge in [0.2, 0.25) is 5.67 Å². The fourth-order valence-electron chi connectivity index (χ4n) is 1.85. The molecule has 0 radical (unpaired) electrons. The number of hydrogen-bond acceptors (Lipinski definition) is 5. The van der Waals surface area contributed by atoms with Gasteiger partial charge in [-0.1, -0.05) is 5.16 Å². The average molecular weight is 297 g/mol. The Hall–Kier alpha value is -1.79. The molecule has 3 rings (SSSR count). The molecule has 114 valence electrons. The quantitative estimate of drug-likeness (QED) is 0.845. The fraction of sp³-hybridized carbons (Fsp3) is 0.643. The molecule has 0 saturated heterocycles. The Bertz CT molecular complexity index is 639. The van der Waals surface area contributed by atoms with Crippen molar-refractivity contribution in [3.8, 4) is 0 Å². The number of oxazole rings is 1. The smallest absolute Gasteiger partial charge is 0.267 e. The Morgan fingerprint density at radius 3 is 2.62 bits per heavy atom. The van der Waals surface area contributed by atoms with Gasteiger partial charge in [0.05, 0.1) is 12.6 Å². The van der Waals surface area contributed by atoms with Gasteiger partial charge in [0.1, 0.15) is 11.4 Å². The van der Waals surface area contributed by atoms with Crippen molar-refractivity contribution in [2.75, 3.05) is 0 Å². The van der Waals surface area contributed by atoms with E-state index in [0.29, 0.717) is 17.6 Å². The van der Waals surface area contributed by atoms with Gasteiger partial charge < -0.3 is 8.94 Å². The van der Waals surface area contributed by atoms with Gasteiger partial charge in [-0.2, -0.15) is 4.98 Å². The second-order valence-electron chi connectivity index (χ2n) is 6.11. The maximum atomic E-state index is 14.4. The van der Waals surface area contributed by atoms with Crippen LogP contribution >= 0.6 is 0 Å². The van der Waals surface area contributed by atoms with E-state index in [-0.39, 0.29) is 18.1 Å². The molecule has 1 fully saturated rings. The minimum absolute atomic E-state index is 0.242. The number of halogens is 2. The Morgan fingerprint density at radius 2 is 2.00 bits per heavy atom. The van der Waals surface area contributed by atoms with Crippen LogP contribution < -0.4 is 0 Å². The topological polar surface area (TPSA) is 65.0 Å². The summed E-state index contributed by atoms with van der Waals surface area (Å²) in [5, 5.41) is 3.68. The van der Waals surface area contributed by atoms with Gasteiger partial charge in [0, 0.05) is 5.92 Å². The molecule has 1 aliphatic rings. The Balaban J connectivity index is 1.75. The van der Waals surface area contributed by atoms with Crippen molar-refractivity contribution >= 4 is 0 Å². The van der Waals surface area contributed by atoms with Crippen LogP contribution in [0.5, 0.6) is 0 Å². The van der Waals surface area contributed by atoms with Gasteiger partial charge in [0.15, 0.2) is 11.7 Å². The largest absolute Gasteiger partial charge is 0.445 e. The number of alkyl halides is 2. The van der Waals surface area contributed by atoms with Crippen molar-refractivity contribution in [3.05, 3.63) is 29.6 Å². The Morgan fingerprint density at radius 1 is 1.29 bits per heavy atom. The summed E-state index contributed by atoms with van der Waals surface area (Å²) in [4.78, 5) is 8.12. The molecule has 2 heterocycles. The predicted molar refractivity (Wildman–Crippen MR) is 69.2 cm³/mol. The third-order valence-electron chi connectivity index (χ3n) is 3.82. The molecular weight excluding hydrogens is 280 g/mol. The summed E-state index contributed by atoms with van der Waals surface area (Å²) in [5.41, 5.74) is -4.47. The van der Waals surface area contributed by atoms with E-state index in [2.05, 4.69) is 15.1 Å². The fourth-order valence-corrected chi connectivity index (χ4v) is 1.85. The molecule has 0 amide bonds. The summed E-state index contributed by atoms with van der Waals surface area (Å²) in [5.74, 6) is 1.60. The van der Waals surface area contributed by atoms with Crippen LogP contribution in [0.1, 0.15) is 62.9 Å². The van der Waals surface area contributed by atoms with Crippen LogP contribution in [-0.2, 0) is 12.1 Å². The summed E-state index contributed by atoms with van der Waals surface area (Å²) in [7, 11) is 0. The first-order valence-corrected chi connectivity index (χ1v) is 6.93. The molecule has 1 aliphatic carbocycles. The van der Waals surface area contributed by atoms with Crippen molar-refractivity contribution < 1.29 is 17.7 Å². The van der Waals surface area contributed by atoms with Crippen molar-refractivity contribution in [1.82, 2.24) is 15.1 Å². The first-order valence-electron chi connectivity index (χ1n) is 6.93. The van der Waals surface area contributed by atoms with Crippen molar-refractivity contribution in [3.63, 3.8) is 0 Å². The zero-order valence-corrected chi connectivity index (χ0v) is 12.2. The summed E-state index contributed by atoms with van der Waals surface area (Å²) < 4.78 is 38.7. The molecule has 2 aromatic heterocycles. The molecule has 0 spiro atoms. The summed E-state index contributed by atoms with van der Waals surface area (Å²) >= 11 is 0. The monoisotopic (exact) mass is 297 g/mol. The van der Waals surface area contributed by atoms with Crippen molar-refractivity contribution in [2.24, 2.45) is 0 Å². The normalized spacial score (nSPS) is 18.7. The maximum absolute atomic E-state index is 14.4. The standard InChI is InChI=1S/C14H17F2N3O2/c1-13(2,15)14(3,16)12-18-10(19-21-12)6-9-7-17-11(20-9)8-4-5-8/h7-8H,4-6H2,1-3H3. The van der Waals surface area contributed by atoms with E-state index in [1.54, 1.807) is 6.20 Å². The minimum Gasteiger partial charge on any atom is -0.445 e. The average Bonchev–Trinajstić information content (AvgIpc) is 2.95. The van der Waals surface area contributed by atoms with E-state index >= 15 is 0 Å². The molecule has 0 bridgehead atoms. The maximum Gasteiger partial charge on any atom is 0.267 e. The zero-order chi connectivity index (χ0) is 15.3. The van der Waals surface area contributed by atoms with E-state index in [9.17, 15) is 8.78 Å². The predicted octanol–water partition coefficient (Wildman–Crippen LogP) is 3.46. The lowest BCUT2D eigenvalue weighted by molar-refractivity contribution is -0.0279. The zero-order valence-electron chi connectivity index (χ0n) is 12.2. The highest BCUT2D eigenvalue weighted by molar-refractivity contribution is 5.10. The van der Waals surface area contributed by atoms with E-state index < -0.39 is 11.3 Å². The summed E-state index contributed by atoms with van der Waals surface area (Å²) in [6, 6.07) is 0. The molecule has 1 unspecified atom stereocenters. The first kappa shape index (κ1) is 14.2. The highest BCUT2D eigenvalue weighted by atomic mass is 19.2. The van der Waals surface area contributed by atoms with Crippen LogP contribution in [0.4, 0.5) is 8.78 Å². The van der Waals surface area contributed by atoms with E-state index in [1.807, 2.05) is 0 Å². The molecule has 1 atom stereocenters. The number of aromatic nitrogens is 3. The van der Waals surface area contributed by atoms with Crippen molar-refractivity contribution in [2.45, 2.75) is 57.3 Å². The van der Waals surface area contributed by atoms with Crippen LogP contribution in [0.15, 0.2) is 15.1 Å². The third kappa shape index (κ3) is 2.69. The molecule has 5 nitrogen and oxygen atoms in total. The SMILES string of the molecule is CC(C)(F)C(C)(F)c1nc(Cc2cnc(C3CC3)o2)no1. The molecular formula is C14H17F2N3O2. The molecule has 1 saturated carbocycles. The highest BCUT2D eigenvalue weighted by Gasteiger charge is 2.48. The molecule has 21 heavy (non-hydrogen) atoms. The van der Waals surface area contributed by atoms with E-state index in [4.69, 9.17) is 8.94 Å². The lowest BCUT2D eigenvalue weighted by Crippen LogP contribution is -2.37. The molecule has 0 aliphatic heterocycles. The van der Waals surface area contributed by atoms with Crippen molar-refractivity contribution in [1.29, 1.82) is 0 Å². The second-order valence-corrected chi connectivity index (χ2v) is 6.11. The number of rotatable bonds is 5. The van der Waals surface area contributed by atoms with E-state index in [1.165, 1.54) is 0 Å². The lowest BCUT2D eigenvalue weighted by Gasteiger charge is -2.26. The molecule has 0 aromatic carbocycles. The highest BCUT2D eigenvalue weighted by Crippen LogP contribution is 2.40. The van der Waals surface area contributed by atoms with Crippen LogP contribution in [0, 0.1) is 0 Å². The number of nitrogens with zero attached hydrogens (tertiary/aromatic N) is 3. The lowest BCUT2D eigenvalue weighted by atomic mass is 9.91. The van der Waals surface area contributed by atoms with Gasteiger partial charge in [-0.25, -0.2) is 13.8 Å². The molecule has 7 heteroatoms. The minimum atomic E-state index is -2.35. The third-order valence-corrected chi connectivity index (χ3v) is 3.82. The van der Waals surface area contributed by atoms with Crippen LogP contribution in [0.2, 0.25) is 0 Å². The molecule has 2 aromatic rings. The van der Waals surface area contributed by atoms with Crippen LogP contribution in [-0.4, -0.2) is 20.8 Å². The number of hydrogen-bond donors (Lipinski definition) is 0. The summed E-state index contributed by atoms with van der Waals surface area (Å²) in [6.45, 7) is 3.36. The van der Waals surface area contributed by atoms with Crippen LogP contribution in [0.3, 0.4) is 0 Å². The van der Waals surface area contributed by atoms with E-state index in [0.717, 1.165) is 33.6 Å². The van der Waals surface area contributed by atoms with Crippen LogP contribution in [0.25, 0.3) is 0 Å².